The maximum atomic E-state index is 12.7. The van der Waals surface area contributed by atoms with E-state index in [-0.39, 0.29) is 23.4 Å². The van der Waals surface area contributed by atoms with Crippen LogP contribution in [0.4, 0.5) is 0 Å². The first-order chi connectivity index (χ1) is 8.60. The van der Waals surface area contributed by atoms with Gasteiger partial charge in [0.1, 0.15) is 0 Å². The van der Waals surface area contributed by atoms with Crippen molar-refractivity contribution < 1.29 is 4.79 Å². The quantitative estimate of drug-likeness (QED) is 0.786. The molecular formula is C15H29N3O. The van der Waals surface area contributed by atoms with Crippen LogP contribution in [0.2, 0.25) is 0 Å². The zero-order valence-electron chi connectivity index (χ0n) is 13.2. The fourth-order valence-electron chi connectivity index (χ4n) is 3.95. The van der Waals surface area contributed by atoms with E-state index < -0.39 is 0 Å². The lowest BCUT2D eigenvalue weighted by atomic mass is 9.85. The van der Waals surface area contributed by atoms with Gasteiger partial charge in [0.15, 0.2) is 0 Å². The molecule has 2 aliphatic rings. The van der Waals surface area contributed by atoms with Crippen LogP contribution < -0.4 is 11.1 Å². The van der Waals surface area contributed by atoms with Gasteiger partial charge in [0.05, 0.1) is 6.04 Å². The number of carbonyl (C=O) groups excluding carboxylic acids is 1. The summed E-state index contributed by atoms with van der Waals surface area (Å²) in [6.45, 7) is 12.4. The average molecular weight is 267 g/mol. The second-order valence-electron chi connectivity index (χ2n) is 7.95. The van der Waals surface area contributed by atoms with Crippen LogP contribution in [0.1, 0.15) is 34.6 Å². The number of likely N-dealkylation sites (tertiary alicyclic amines) is 1. The molecule has 0 aromatic rings. The zero-order chi connectivity index (χ0) is 14.6. The van der Waals surface area contributed by atoms with E-state index in [1.807, 2.05) is 11.9 Å². The van der Waals surface area contributed by atoms with Gasteiger partial charge in [-0.25, -0.2) is 0 Å². The Kier molecular flexibility index (Phi) is 3.47. The number of carbonyl (C=O) groups is 1. The second-order valence-corrected chi connectivity index (χ2v) is 7.95. The highest BCUT2D eigenvalue weighted by molar-refractivity contribution is 5.83. The molecule has 0 spiro atoms. The molecular weight excluding hydrogens is 238 g/mol. The molecule has 4 atom stereocenters. The van der Waals surface area contributed by atoms with Crippen LogP contribution in [-0.2, 0) is 4.79 Å². The number of rotatable bonds is 2. The normalized spacial score (nSPS) is 34.7. The van der Waals surface area contributed by atoms with Gasteiger partial charge in [-0.3, -0.25) is 4.79 Å². The van der Waals surface area contributed by atoms with E-state index in [1.54, 1.807) is 0 Å². The first-order valence-corrected chi connectivity index (χ1v) is 7.32. The molecule has 2 fully saturated rings. The van der Waals surface area contributed by atoms with Gasteiger partial charge in [-0.05, 0) is 29.7 Å². The molecule has 0 aromatic heterocycles. The van der Waals surface area contributed by atoms with E-state index in [4.69, 9.17) is 5.73 Å². The molecule has 1 heterocycles. The van der Waals surface area contributed by atoms with Crippen molar-refractivity contribution in [3.05, 3.63) is 0 Å². The molecule has 1 aliphatic heterocycles. The van der Waals surface area contributed by atoms with Crippen LogP contribution in [0.5, 0.6) is 0 Å². The molecule has 3 N–H and O–H groups in total. The zero-order valence-corrected chi connectivity index (χ0v) is 13.2. The largest absolute Gasteiger partial charge is 0.339 e. The summed E-state index contributed by atoms with van der Waals surface area (Å²) in [6, 6.07) is -0.00622. The average Bonchev–Trinajstić information content (AvgIpc) is 2.80. The minimum atomic E-state index is -0.141. The van der Waals surface area contributed by atoms with Gasteiger partial charge in [-0.1, -0.05) is 34.6 Å². The number of piperidine rings is 1. The number of hydrogen-bond acceptors (Lipinski definition) is 3. The van der Waals surface area contributed by atoms with E-state index in [0.717, 1.165) is 6.54 Å². The van der Waals surface area contributed by atoms with E-state index >= 15 is 0 Å². The third-order valence-electron chi connectivity index (χ3n) is 5.16. The van der Waals surface area contributed by atoms with Crippen molar-refractivity contribution >= 4 is 5.91 Å². The summed E-state index contributed by atoms with van der Waals surface area (Å²) in [6.07, 6.45) is 0. The summed E-state index contributed by atoms with van der Waals surface area (Å²) >= 11 is 0. The fourth-order valence-corrected chi connectivity index (χ4v) is 3.95. The van der Waals surface area contributed by atoms with E-state index in [2.05, 4.69) is 39.9 Å². The van der Waals surface area contributed by atoms with Crippen molar-refractivity contribution in [1.82, 2.24) is 10.2 Å². The Hall–Kier alpha value is -0.610. The Labute approximate surface area is 117 Å². The SMILES string of the molecule is CN[C@H](C(=O)N1CC(N)C2[C@@H](C1)C2(C)C)C(C)(C)C. The third-order valence-corrected chi connectivity index (χ3v) is 5.16. The van der Waals surface area contributed by atoms with Crippen LogP contribution in [0, 0.1) is 22.7 Å². The molecule has 0 radical (unpaired) electrons. The predicted octanol–water partition coefficient (Wildman–Crippen LogP) is 1.06. The Morgan fingerprint density at radius 1 is 1.37 bits per heavy atom. The number of nitrogens with one attached hydrogen (secondary N) is 1. The highest BCUT2D eigenvalue weighted by atomic mass is 16.2. The Bertz CT molecular complexity index is 372. The summed E-state index contributed by atoms with van der Waals surface area (Å²) in [5.74, 6) is 1.38. The van der Waals surface area contributed by atoms with E-state index in [1.165, 1.54) is 0 Å². The van der Waals surface area contributed by atoms with Crippen molar-refractivity contribution in [2.75, 3.05) is 20.1 Å². The highest BCUT2D eigenvalue weighted by Gasteiger charge is 2.63. The Balaban J connectivity index is 2.09. The third kappa shape index (κ3) is 2.40. The lowest BCUT2D eigenvalue weighted by molar-refractivity contribution is -0.137. The fraction of sp³-hybridized carbons (Fsp3) is 0.933. The van der Waals surface area contributed by atoms with Crippen LogP contribution in [0.25, 0.3) is 0 Å². The van der Waals surface area contributed by atoms with Gasteiger partial charge < -0.3 is 16.0 Å². The van der Waals surface area contributed by atoms with Crippen molar-refractivity contribution in [1.29, 1.82) is 0 Å². The van der Waals surface area contributed by atoms with Crippen molar-refractivity contribution in [2.24, 2.45) is 28.4 Å². The van der Waals surface area contributed by atoms with Crippen molar-refractivity contribution in [2.45, 2.75) is 46.7 Å². The number of nitrogens with zero attached hydrogens (tertiary/aromatic N) is 1. The monoisotopic (exact) mass is 267 g/mol. The molecule has 110 valence electrons. The molecule has 2 unspecified atom stereocenters. The Morgan fingerprint density at radius 3 is 2.37 bits per heavy atom. The van der Waals surface area contributed by atoms with Gasteiger partial charge in [0.25, 0.3) is 0 Å². The Morgan fingerprint density at radius 2 is 1.95 bits per heavy atom. The molecule has 4 nitrogen and oxygen atoms in total. The molecule has 2 rings (SSSR count). The minimum Gasteiger partial charge on any atom is -0.339 e. The number of likely N-dealkylation sites (N-methyl/N-ethyl adjacent to an activating group) is 1. The van der Waals surface area contributed by atoms with Crippen molar-refractivity contribution in [3.63, 3.8) is 0 Å². The molecule has 0 bridgehead atoms. The van der Waals surface area contributed by atoms with E-state index in [9.17, 15) is 4.79 Å². The van der Waals surface area contributed by atoms with Gasteiger partial charge in [-0.2, -0.15) is 0 Å². The summed E-state index contributed by atoms with van der Waals surface area (Å²) in [5.41, 5.74) is 6.49. The first kappa shape index (κ1) is 14.8. The van der Waals surface area contributed by atoms with Gasteiger partial charge in [-0.15, -0.1) is 0 Å². The van der Waals surface area contributed by atoms with E-state index in [0.29, 0.717) is 23.8 Å². The molecule has 4 heteroatoms. The smallest absolute Gasteiger partial charge is 0.240 e. The maximum absolute atomic E-state index is 12.7. The number of nitrogens with two attached hydrogens (primary N) is 1. The van der Waals surface area contributed by atoms with Crippen LogP contribution in [0.15, 0.2) is 0 Å². The van der Waals surface area contributed by atoms with Gasteiger partial charge in [0, 0.05) is 19.1 Å². The minimum absolute atomic E-state index is 0.0775. The highest BCUT2D eigenvalue weighted by Crippen LogP contribution is 2.61. The second kappa shape index (κ2) is 4.45. The molecule has 19 heavy (non-hydrogen) atoms. The molecule has 1 saturated heterocycles. The first-order valence-electron chi connectivity index (χ1n) is 7.32. The van der Waals surface area contributed by atoms with Crippen LogP contribution in [-0.4, -0.2) is 43.0 Å². The summed E-state index contributed by atoms with van der Waals surface area (Å²) in [4.78, 5) is 14.7. The molecule has 0 aromatic carbocycles. The summed E-state index contributed by atoms with van der Waals surface area (Å²) in [5, 5.41) is 3.17. The van der Waals surface area contributed by atoms with Gasteiger partial charge in [0.2, 0.25) is 5.91 Å². The maximum Gasteiger partial charge on any atom is 0.240 e. The van der Waals surface area contributed by atoms with Gasteiger partial charge >= 0.3 is 0 Å². The van der Waals surface area contributed by atoms with Crippen molar-refractivity contribution in [3.8, 4) is 0 Å². The lowest BCUT2D eigenvalue weighted by Crippen LogP contribution is -2.56. The topological polar surface area (TPSA) is 58.4 Å². The summed E-state index contributed by atoms with van der Waals surface area (Å²) < 4.78 is 0. The molecule has 1 amide bonds. The number of hydrogen-bond donors (Lipinski definition) is 2. The lowest BCUT2D eigenvalue weighted by Gasteiger charge is -2.37. The number of fused-ring (bicyclic) bond motifs is 1. The standard InChI is InChI=1S/C15H29N3O/c1-14(2,3)12(17-6)13(19)18-7-9-11(10(16)8-18)15(9,4)5/h9-12,17H,7-8,16H2,1-6H3/t9-,10?,11?,12-/m1/s1. The van der Waals surface area contributed by atoms with Crippen LogP contribution >= 0.6 is 0 Å². The number of amides is 1. The van der Waals surface area contributed by atoms with Crippen LogP contribution in [0.3, 0.4) is 0 Å². The summed E-state index contributed by atoms with van der Waals surface area (Å²) in [7, 11) is 1.86. The predicted molar refractivity (Wildman–Crippen MR) is 77.6 cm³/mol. The molecule has 1 aliphatic carbocycles. The molecule has 1 saturated carbocycles.